The van der Waals surface area contributed by atoms with Gasteiger partial charge < -0.3 is 20.5 Å². The molecule has 17 heavy (non-hydrogen) atoms. The van der Waals surface area contributed by atoms with Gasteiger partial charge in [-0.2, -0.15) is 0 Å². The quantitative estimate of drug-likeness (QED) is 0.823. The molecule has 0 bridgehead atoms. The Morgan fingerprint density at radius 1 is 1.35 bits per heavy atom. The Bertz CT molecular complexity index is 398. The molecule has 1 aromatic rings. The molecule has 0 spiro atoms. The molecule has 0 fully saturated rings. The molecule has 1 aromatic carbocycles. The predicted molar refractivity (Wildman–Crippen MR) is 65.6 cm³/mol. The normalized spacial score (nSPS) is 11.8. The predicted octanol–water partition coefficient (Wildman–Crippen LogP) is 0.454. The lowest BCUT2D eigenvalue weighted by molar-refractivity contribution is -0.119. The van der Waals surface area contributed by atoms with E-state index in [4.69, 9.17) is 15.2 Å². The van der Waals surface area contributed by atoms with Gasteiger partial charge in [0.25, 0.3) is 0 Å². The van der Waals surface area contributed by atoms with Crippen LogP contribution in [0.4, 0.5) is 0 Å². The molecule has 0 unspecified atom stereocenters. The van der Waals surface area contributed by atoms with Crippen LogP contribution < -0.4 is 20.5 Å². The lowest BCUT2D eigenvalue weighted by atomic mass is 10.1. The highest BCUT2D eigenvalue weighted by molar-refractivity contribution is 5.85. The number of ether oxygens (including phenoxy) is 2. The zero-order valence-electron chi connectivity index (χ0n) is 9.27. The van der Waals surface area contributed by atoms with Gasteiger partial charge in [0.15, 0.2) is 11.5 Å². The number of carbonyl (C=O) groups excluding carboxylic acids is 1. The molecular formula is C11H15ClN2O3. The number of nitrogens with one attached hydrogen (secondary N) is 1. The van der Waals surface area contributed by atoms with Crippen molar-refractivity contribution in [2.75, 3.05) is 19.9 Å². The van der Waals surface area contributed by atoms with E-state index in [-0.39, 0.29) is 31.7 Å². The van der Waals surface area contributed by atoms with Crippen molar-refractivity contribution < 1.29 is 14.3 Å². The minimum absolute atomic E-state index is 0. The molecule has 0 saturated heterocycles. The Labute approximate surface area is 106 Å². The molecule has 1 aliphatic heterocycles. The topological polar surface area (TPSA) is 73.6 Å². The van der Waals surface area contributed by atoms with Gasteiger partial charge in [-0.05, 0) is 24.1 Å². The monoisotopic (exact) mass is 258 g/mol. The van der Waals surface area contributed by atoms with E-state index in [1.165, 1.54) is 0 Å². The van der Waals surface area contributed by atoms with Crippen molar-refractivity contribution in [3.8, 4) is 11.5 Å². The van der Waals surface area contributed by atoms with Gasteiger partial charge in [-0.3, -0.25) is 4.79 Å². The molecule has 0 atom stereocenters. The van der Waals surface area contributed by atoms with Gasteiger partial charge in [-0.1, -0.05) is 6.07 Å². The van der Waals surface area contributed by atoms with E-state index in [1.54, 1.807) is 0 Å². The van der Waals surface area contributed by atoms with Crippen LogP contribution >= 0.6 is 12.4 Å². The van der Waals surface area contributed by atoms with Gasteiger partial charge in [-0.25, -0.2) is 0 Å². The van der Waals surface area contributed by atoms with E-state index in [0.29, 0.717) is 6.54 Å². The average Bonchev–Trinajstić information content (AvgIpc) is 2.76. The fourth-order valence-corrected chi connectivity index (χ4v) is 1.51. The molecule has 1 amide bonds. The van der Waals surface area contributed by atoms with Gasteiger partial charge in [0.1, 0.15) is 0 Å². The van der Waals surface area contributed by atoms with Crippen molar-refractivity contribution in [2.24, 2.45) is 5.73 Å². The van der Waals surface area contributed by atoms with Crippen LogP contribution in [0.5, 0.6) is 11.5 Å². The van der Waals surface area contributed by atoms with E-state index in [9.17, 15) is 4.79 Å². The summed E-state index contributed by atoms with van der Waals surface area (Å²) < 4.78 is 10.5. The number of hydrogen-bond donors (Lipinski definition) is 2. The molecule has 0 aliphatic carbocycles. The largest absolute Gasteiger partial charge is 0.454 e. The second-order valence-corrected chi connectivity index (χ2v) is 3.49. The van der Waals surface area contributed by atoms with Crippen molar-refractivity contribution in [3.05, 3.63) is 23.8 Å². The lowest BCUT2D eigenvalue weighted by Gasteiger charge is -2.04. The van der Waals surface area contributed by atoms with Gasteiger partial charge in [-0.15, -0.1) is 12.4 Å². The number of fused-ring (bicyclic) bond motifs is 1. The summed E-state index contributed by atoms with van der Waals surface area (Å²) in [4.78, 5) is 10.9. The molecular weight excluding hydrogens is 244 g/mol. The fourth-order valence-electron chi connectivity index (χ4n) is 1.51. The van der Waals surface area contributed by atoms with Crippen LogP contribution in [0, 0.1) is 0 Å². The van der Waals surface area contributed by atoms with E-state index < -0.39 is 0 Å². The summed E-state index contributed by atoms with van der Waals surface area (Å²) in [6.07, 6.45) is 0.752. The molecule has 0 aromatic heterocycles. The number of benzene rings is 1. The zero-order valence-corrected chi connectivity index (χ0v) is 10.1. The highest BCUT2D eigenvalue weighted by Gasteiger charge is 2.12. The first-order valence-electron chi connectivity index (χ1n) is 5.15. The Morgan fingerprint density at radius 3 is 2.88 bits per heavy atom. The van der Waals surface area contributed by atoms with E-state index in [0.717, 1.165) is 23.5 Å². The van der Waals surface area contributed by atoms with Crippen molar-refractivity contribution in [1.82, 2.24) is 5.32 Å². The third-order valence-electron chi connectivity index (χ3n) is 2.36. The van der Waals surface area contributed by atoms with Crippen LogP contribution in [0.2, 0.25) is 0 Å². The summed E-state index contributed by atoms with van der Waals surface area (Å²) in [5.74, 6) is 1.40. The summed E-state index contributed by atoms with van der Waals surface area (Å²) in [7, 11) is 0. The van der Waals surface area contributed by atoms with Crippen LogP contribution in [-0.2, 0) is 11.2 Å². The minimum Gasteiger partial charge on any atom is -0.454 e. The van der Waals surface area contributed by atoms with Crippen molar-refractivity contribution in [2.45, 2.75) is 6.42 Å². The number of carbonyl (C=O) groups is 1. The van der Waals surface area contributed by atoms with Crippen molar-refractivity contribution in [1.29, 1.82) is 0 Å². The van der Waals surface area contributed by atoms with Crippen molar-refractivity contribution in [3.63, 3.8) is 0 Å². The Balaban J connectivity index is 0.00000144. The minimum atomic E-state index is -0.138. The van der Waals surface area contributed by atoms with E-state index >= 15 is 0 Å². The molecule has 6 heteroatoms. The maximum atomic E-state index is 10.9. The molecule has 0 radical (unpaired) electrons. The second kappa shape index (κ2) is 6.32. The molecule has 5 nitrogen and oxygen atoms in total. The molecule has 2 rings (SSSR count). The summed E-state index contributed by atoms with van der Waals surface area (Å²) in [5, 5.41) is 2.71. The zero-order chi connectivity index (χ0) is 11.4. The summed E-state index contributed by atoms with van der Waals surface area (Å²) in [5.41, 5.74) is 6.28. The summed E-state index contributed by atoms with van der Waals surface area (Å²) in [6, 6.07) is 5.77. The highest BCUT2D eigenvalue weighted by atomic mass is 35.5. The third-order valence-corrected chi connectivity index (χ3v) is 2.36. The van der Waals surface area contributed by atoms with E-state index in [1.807, 2.05) is 18.2 Å². The van der Waals surface area contributed by atoms with Gasteiger partial charge in [0.2, 0.25) is 12.7 Å². The fraction of sp³-hybridized carbons (Fsp3) is 0.364. The van der Waals surface area contributed by atoms with Crippen LogP contribution in [-0.4, -0.2) is 25.8 Å². The van der Waals surface area contributed by atoms with Gasteiger partial charge >= 0.3 is 0 Å². The Morgan fingerprint density at radius 2 is 2.12 bits per heavy atom. The summed E-state index contributed by atoms with van der Waals surface area (Å²) >= 11 is 0. The van der Waals surface area contributed by atoms with Crippen LogP contribution in [0.3, 0.4) is 0 Å². The van der Waals surface area contributed by atoms with Crippen LogP contribution in [0.15, 0.2) is 18.2 Å². The number of amides is 1. The van der Waals surface area contributed by atoms with Crippen LogP contribution in [0.1, 0.15) is 5.56 Å². The van der Waals surface area contributed by atoms with E-state index in [2.05, 4.69) is 5.32 Å². The van der Waals surface area contributed by atoms with Crippen LogP contribution in [0.25, 0.3) is 0 Å². The first-order valence-corrected chi connectivity index (χ1v) is 5.15. The number of halogens is 1. The third kappa shape index (κ3) is 3.51. The molecule has 94 valence electrons. The Hall–Kier alpha value is -1.46. The molecule has 3 N–H and O–H groups in total. The smallest absolute Gasteiger partial charge is 0.233 e. The lowest BCUT2D eigenvalue weighted by Crippen LogP contribution is -2.31. The number of nitrogens with two attached hydrogens (primary N) is 1. The highest BCUT2D eigenvalue weighted by Crippen LogP contribution is 2.32. The van der Waals surface area contributed by atoms with Gasteiger partial charge in [0.05, 0.1) is 6.54 Å². The SMILES string of the molecule is Cl.NCC(=O)NCCc1ccc2c(c1)OCO2. The standard InChI is InChI=1S/C11H14N2O3.ClH/c12-6-11(14)13-4-3-8-1-2-9-10(5-8)16-7-15-9;/h1-2,5H,3-4,6-7,12H2,(H,13,14);1H. The molecule has 1 heterocycles. The first-order chi connectivity index (χ1) is 7.79. The van der Waals surface area contributed by atoms with Gasteiger partial charge in [0, 0.05) is 6.54 Å². The average molecular weight is 259 g/mol. The number of rotatable bonds is 4. The maximum absolute atomic E-state index is 10.9. The van der Waals surface area contributed by atoms with Crippen molar-refractivity contribution >= 4 is 18.3 Å². The molecule has 0 saturated carbocycles. The summed E-state index contributed by atoms with van der Waals surface area (Å²) in [6.45, 7) is 0.888. The second-order valence-electron chi connectivity index (χ2n) is 3.49. The Kier molecular flexibility index (Phi) is 5.06. The molecule has 1 aliphatic rings. The first kappa shape index (κ1) is 13.6. The maximum Gasteiger partial charge on any atom is 0.233 e. The number of hydrogen-bond acceptors (Lipinski definition) is 4.